The van der Waals surface area contributed by atoms with Crippen molar-refractivity contribution >= 4 is 29.3 Å². The largest absolute Gasteiger partial charge is 0.513 e. The summed E-state index contributed by atoms with van der Waals surface area (Å²) in [5, 5.41) is 5.53. The quantitative estimate of drug-likeness (QED) is 0.356. The van der Waals surface area contributed by atoms with Gasteiger partial charge >= 0.3 is 6.16 Å². The summed E-state index contributed by atoms with van der Waals surface area (Å²) in [6.45, 7) is 5.68. The van der Waals surface area contributed by atoms with Crippen LogP contribution in [0.5, 0.6) is 11.5 Å². The molecule has 176 valence electrons. The number of hydrogen-bond acceptors (Lipinski definition) is 6. The van der Waals surface area contributed by atoms with Crippen LogP contribution in [-0.4, -0.2) is 31.2 Å². The number of hydrogen-bond donors (Lipinski definition) is 2. The van der Waals surface area contributed by atoms with E-state index in [1.807, 2.05) is 32.0 Å². The van der Waals surface area contributed by atoms with E-state index in [-0.39, 0.29) is 24.9 Å². The van der Waals surface area contributed by atoms with Crippen LogP contribution in [0.2, 0.25) is 0 Å². The van der Waals surface area contributed by atoms with Gasteiger partial charge in [-0.25, -0.2) is 4.79 Å². The molecule has 0 heterocycles. The fourth-order valence-corrected chi connectivity index (χ4v) is 2.95. The van der Waals surface area contributed by atoms with Crippen molar-refractivity contribution in [2.24, 2.45) is 0 Å². The lowest BCUT2D eigenvalue weighted by atomic mass is 10.1. The Balaban J connectivity index is 1.59. The molecular formula is C26H26N2O6. The first-order valence-corrected chi connectivity index (χ1v) is 10.7. The summed E-state index contributed by atoms with van der Waals surface area (Å²) in [4.78, 5) is 36.5. The molecule has 0 aliphatic rings. The second-order valence-corrected chi connectivity index (χ2v) is 7.39. The molecule has 0 bridgehead atoms. The Morgan fingerprint density at radius 3 is 2.09 bits per heavy atom. The van der Waals surface area contributed by atoms with Crippen molar-refractivity contribution < 1.29 is 28.6 Å². The van der Waals surface area contributed by atoms with Crippen molar-refractivity contribution in [1.29, 1.82) is 0 Å². The first kappa shape index (κ1) is 24.3. The highest BCUT2D eigenvalue weighted by molar-refractivity contribution is 6.07. The van der Waals surface area contributed by atoms with E-state index in [0.717, 1.165) is 11.1 Å². The van der Waals surface area contributed by atoms with Crippen LogP contribution in [0.4, 0.5) is 16.2 Å². The average Bonchev–Trinajstić information content (AvgIpc) is 2.81. The summed E-state index contributed by atoms with van der Waals surface area (Å²) in [5.74, 6) is 0.109. The zero-order valence-electron chi connectivity index (χ0n) is 19.2. The predicted molar refractivity (Wildman–Crippen MR) is 129 cm³/mol. The lowest BCUT2D eigenvalue weighted by Gasteiger charge is -2.13. The third-order valence-electron chi connectivity index (χ3n) is 4.88. The van der Waals surface area contributed by atoms with Crippen molar-refractivity contribution in [2.75, 3.05) is 23.8 Å². The molecule has 0 aromatic heterocycles. The monoisotopic (exact) mass is 462 g/mol. The van der Waals surface area contributed by atoms with Gasteiger partial charge in [-0.3, -0.25) is 9.59 Å². The van der Waals surface area contributed by atoms with E-state index in [0.29, 0.717) is 22.7 Å². The van der Waals surface area contributed by atoms with E-state index in [4.69, 9.17) is 14.2 Å². The van der Waals surface area contributed by atoms with E-state index in [1.54, 1.807) is 31.2 Å². The minimum absolute atomic E-state index is 0.174. The Bertz CT molecular complexity index is 1170. The molecule has 3 aromatic rings. The molecule has 0 aliphatic carbocycles. The minimum Gasteiger partial charge on any atom is -0.484 e. The van der Waals surface area contributed by atoms with E-state index in [2.05, 4.69) is 10.6 Å². The number of anilines is 2. The molecule has 34 heavy (non-hydrogen) atoms. The maximum atomic E-state index is 12.7. The van der Waals surface area contributed by atoms with Crippen molar-refractivity contribution in [3.63, 3.8) is 0 Å². The zero-order valence-corrected chi connectivity index (χ0v) is 19.2. The second-order valence-electron chi connectivity index (χ2n) is 7.39. The molecule has 3 rings (SSSR count). The number of benzene rings is 3. The van der Waals surface area contributed by atoms with Crippen LogP contribution in [0.3, 0.4) is 0 Å². The number of para-hydroxylation sites is 2. The van der Waals surface area contributed by atoms with Gasteiger partial charge in [-0.1, -0.05) is 18.2 Å². The van der Waals surface area contributed by atoms with Gasteiger partial charge in [0, 0.05) is 5.56 Å². The normalized spacial score (nSPS) is 10.2. The van der Waals surface area contributed by atoms with Crippen molar-refractivity contribution in [3.8, 4) is 11.5 Å². The van der Waals surface area contributed by atoms with Gasteiger partial charge in [0.05, 0.1) is 18.0 Å². The topological polar surface area (TPSA) is 103 Å². The number of ether oxygens (including phenoxy) is 3. The molecule has 8 nitrogen and oxygen atoms in total. The van der Waals surface area contributed by atoms with Gasteiger partial charge in [-0.15, -0.1) is 0 Å². The van der Waals surface area contributed by atoms with Crippen LogP contribution in [0.1, 0.15) is 28.4 Å². The molecule has 3 aromatic carbocycles. The third-order valence-corrected chi connectivity index (χ3v) is 4.88. The third kappa shape index (κ3) is 6.83. The first-order valence-electron chi connectivity index (χ1n) is 10.7. The highest BCUT2D eigenvalue weighted by atomic mass is 16.7. The van der Waals surface area contributed by atoms with Crippen molar-refractivity contribution in [1.82, 2.24) is 0 Å². The number of rotatable bonds is 8. The van der Waals surface area contributed by atoms with E-state index < -0.39 is 12.1 Å². The van der Waals surface area contributed by atoms with Crippen LogP contribution >= 0.6 is 0 Å². The van der Waals surface area contributed by atoms with Gasteiger partial charge in [-0.2, -0.15) is 0 Å². The molecule has 2 amide bonds. The maximum absolute atomic E-state index is 12.7. The molecule has 0 saturated heterocycles. The van der Waals surface area contributed by atoms with Crippen LogP contribution in [0.15, 0.2) is 66.7 Å². The molecule has 0 fully saturated rings. The molecule has 0 aliphatic heterocycles. The number of carbonyl (C=O) groups is 3. The first-order chi connectivity index (χ1) is 16.4. The van der Waals surface area contributed by atoms with E-state index in [1.165, 1.54) is 24.3 Å². The van der Waals surface area contributed by atoms with Crippen LogP contribution in [0.25, 0.3) is 0 Å². The van der Waals surface area contributed by atoms with Gasteiger partial charge in [-0.05, 0) is 80.4 Å². The summed E-state index contributed by atoms with van der Waals surface area (Å²) in [5.41, 5.74) is 3.43. The number of aryl methyl sites for hydroxylation is 2. The minimum atomic E-state index is -0.814. The SMILES string of the molecule is CCOC(=O)Oc1ccc(C(=O)Nc2ccccc2NC(=O)COc2ccc(C)c(C)c2)cc1. The summed E-state index contributed by atoms with van der Waals surface area (Å²) in [7, 11) is 0. The highest BCUT2D eigenvalue weighted by Gasteiger charge is 2.13. The zero-order chi connectivity index (χ0) is 24.5. The maximum Gasteiger partial charge on any atom is 0.513 e. The standard InChI is InChI=1S/C26H26N2O6/c1-4-32-26(31)34-20-13-10-19(11-14-20)25(30)28-23-8-6-5-7-22(23)27-24(29)16-33-21-12-9-17(2)18(3)15-21/h5-15H,4,16H2,1-3H3,(H,27,29)(H,28,30). The molecule has 8 heteroatoms. The average molecular weight is 463 g/mol. The molecule has 0 saturated carbocycles. The smallest absolute Gasteiger partial charge is 0.484 e. The van der Waals surface area contributed by atoms with E-state index in [9.17, 15) is 14.4 Å². The van der Waals surface area contributed by atoms with Gasteiger partial charge < -0.3 is 24.8 Å². The van der Waals surface area contributed by atoms with Gasteiger partial charge in [0.25, 0.3) is 11.8 Å². The van der Waals surface area contributed by atoms with Crippen LogP contribution < -0.4 is 20.1 Å². The fraction of sp³-hybridized carbons (Fsp3) is 0.192. The van der Waals surface area contributed by atoms with Gasteiger partial charge in [0.2, 0.25) is 0 Å². The van der Waals surface area contributed by atoms with Gasteiger partial charge in [0.1, 0.15) is 11.5 Å². The van der Waals surface area contributed by atoms with Gasteiger partial charge in [0.15, 0.2) is 6.61 Å². The molecule has 0 unspecified atom stereocenters. The lowest BCUT2D eigenvalue weighted by Crippen LogP contribution is -2.21. The summed E-state index contributed by atoms with van der Waals surface area (Å²) in [6, 6.07) is 18.5. The second kappa shape index (κ2) is 11.5. The molecule has 0 radical (unpaired) electrons. The molecule has 2 N–H and O–H groups in total. The summed E-state index contributed by atoms with van der Waals surface area (Å²) >= 11 is 0. The predicted octanol–water partition coefficient (Wildman–Crippen LogP) is 5.11. The summed E-state index contributed by atoms with van der Waals surface area (Å²) in [6.07, 6.45) is -0.814. The Morgan fingerprint density at radius 1 is 0.794 bits per heavy atom. The fourth-order valence-electron chi connectivity index (χ4n) is 2.95. The van der Waals surface area contributed by atoms with Crippen molar-refractivity contribution in [2.45, 2.75) is 20.8 Å². The molecule has 0 atom stereocenters. The Labute approximate surface area is 197 Å². The number of amides is 2. The van der Waals surface area contributed by atoms with Crippen LogP contribution in [-0.2, 0) is 9.53 Å². The molecule has 0 spiro atoms. The molecular weight excluding hydrogens is 436 g/mol. The van der Waals surface area contributed by atoms with E-state index >= 15 is 0 Å². The Morgan fingerprint density at radius 2 is 1.44 bits per heavy atom. The number of nitrogens with one attached hydrogen (secondary N) is 2. The summed E-state index contributed by atoms with van der Waals surface area (Å²) < 4.78 is 15.3. The van der Waals surface area contributed by atoms with Crippen molar-refractivity contribution in [3.05, 3.63) is 83.4 Å². The Hall–Kier alpha value is -4.33. The highest BCUT2D eigenvalue weighted by Crippen LogP contribution is 2.23. The lowest BCUT2D eigenvalue weighted by molar-refractivity contribution is -0.118. The van der Waals surface area contributed by atoms with Crippen LogP contribution in [0, 0.1) is 13.8 Å². The number of carbonyl (C=O) groups excluding carboxylic acids is 3. The Kier molecular flexibility index (Phi) is 8.23.